The van der Waals surface area contributed by atoms with Crippen molar-refractivity contribution >= 4 is 17.7 Å². The number of piperidine rings is 1. The van der Waals surface area contributed by atoms with Gasteiger partial charge in [0, 0.05) is 31.3 Å². The second kappa shape index (κ2) is 12.8. The maximum Gasteiger partial charge on any atom is 0.415 e. The van der Waals surface area contributed by atoms with Gasteiger partial charge in [-0.1, -0.05) is 17.7 Å². The van der Waals surface area contributed by atoms with E-state index in [-0.39, 0.29) is 6.09 Å². The SMILES string of the molecule is C=CCCNCCCCOCC1CCN(C(=O)Oc2ccc(Cl)cc2)CC1. The molecule has 1 amide bonds. The van der Waals surface area contributed by atoms with E-state index < -0.39 is 0 Å². The fraction of sp³-hybridized carbons (Fsp3) is 0.571. The van der Waals surface area contributed by atoms with Gasteiger partial charge in [-0.05, 0) is 75.4 Å². The van der Waals surface area contributed by atoms with Crippen LogP contribution in [0, 0.1) is 5.92 Å². The highest BCUT2D eigenvalue weighted by Crippen LogP contribution is 2.20. The molecule has 0 radical (unpaired) electrons. The average Bonchev–Trinajstić information content (AvgIpc) is 2.69. The van der Waals surface area contributed by atoms with Crippen LogP contribution in [-0.2, 0) is 4.74 Å². The highest BCUT2D eigenvalue weighted by Gasteiger charge is 2.24. The van der Waals surface area contributed by atoms with Gasteiger partial charge in [0.25, 0.3) is 0 Å². The van der Waals surface area contributed by atoms with Crippen LogP contribution in [0.3, 0.4) is 0 Å². The lowest BCUT2D eigenvalue weighted by Crippen LogP contribution is -2.41. The standard InChI is InChI=1S/C21H31ClN2O3/c1-2-3-12-23-13-4-5-16-26-17-18-10-14-24(15-11-18)21(25)27-20-8-6-19(22)7-9-20/h2,6-9,18,23H,1,3-5,10-17H2. The zero-order chi connectivity index (χ0) is 19.3. The molecule has 1 aliphatic heterocycles. The van der Waals surface area contributed by atoms with Gasteiger partial charge in [-0.25, -0.2) is 4.79 Å². The number of ether oxygens (including phenoxy) is 2. The molecule has 0 aromatic heterocycles. The highest BCUT2D eigenvalue weighted by molar-refractivity contribution is 6.30. The molecule has 0 atom stereocenters. The predicted octanol–water partition coefficient (Wildman–Crippen LogP) is 4.51. The molecule has 2 rings (SSSR count). The molecule has 0 aliphatic carbocycles. The molecule has 1 N–H and O–H groups in total. The summed E-state index contributed by atoms with van der Waals surface area (Å²) in [5.41, 5.74) is 0. The molecule has 1 saturated heterocycles. The molecule has 1 fully saturated rings. The van der Waals surface area contributed by atoms with Crippen LogP contribution in [0.25, 0.3) is 0 Å². The molecule has 0 unspecified atom stereocenters. The smallest absolute Gasteiger partial charge is 0.410 e. The Labute approximate surface area is 167 Å². The normalized spacial score (nSPS) is 14.9. The fourth-order valence-corrected chi connectivity index (χ4v) is 3.11. The van der Waals surface area contributed by atoms with E-state index in [1.807, 2.05) is 6.08 Å². The number of amides is 1. The van der Waals surface area contributed by atoms with E-state index in [0.717, 1.165) is 58.4 Å². The lowest BCUT2D eigenvalue weighted by Gasteiger charge is -2.31. The number of nitrogens with one attached hydrogen (secondary N) is 1. The summed E-state index contributed by atoms with van der Waals surface area (Å²) in [6, 6.07) is 6.84. The molecular formula is C21H31ClN2O3. The fourth-order valence-electron chi connectivity index (χ4n) is 2.98. The highest BCUT2D eigenvalue weighted by atomic mass is 35.5. The quantitative estimate of drug-likeness (QED) is 0.443. The largest absolute Gasteiger partial charge is 0.415 e. The molecule has 0 saturated carbocycles. The van der Waals surface area contributed by atoms with E-state index in [4.69, 9.17) is 21.1 Å². The summed E-state index contributed by atoms with van der Waals surface area (Å²) in [5.74, 6) is 1.05. The van der Waals surface area contributed by atoms with Crippen LogP contribution < -0.4 is 10.1 Å². The number of nitrogens with zero attached hydrogens (tertiary/aromatic N) is 1. The maximum absolute atomic E-state index is 12.2. The van der Waals surface area contributed by atoms with Gasteiger partial charge in [0.2, 0.25) is 0 Å². The summed E-state index contributed by atoms with van der Waals surface area (Å²) >= 11 is 5.84. The van der Waals surface area contributed by atoms with Gasteiger partial charge in [0.05, 0.1) is 0 Å². The molecule has 27 heavy (non-hydrogen) atoms. The minimum Gasteiger partial charge on any atom is -0.410 e. The molecule has 6 heteroatoms. The van der Waals surface area contributed by atoms with Gasteiger partial charge in [-0.15, -0.1) is 6.58 Å². The number of halogens is 1. The van der Waals surface area contributed by atoms with E-state index in [0.29, 0.717) is 29.8 Å². The summed E-state index contributed by atoms with van der Waals surface area (Å²) in [7, 11) is 0. The third-order valence-electron chi connectivity index (χ3n) is 4.66. The van der Waals surface area contributed by atoms with Gasteiger partial charge in [-0.2, -0.15) is 0 Å². The van der Waals surface area contributed by atoms with E-state index >= 15 is 0 Å². The van der Waals surface area contributed by atoms with Gasteiger partial charge in [0.15, 0.2) is 0 Å². The van der Waals surface area contributed by atoms with Crippen molar-refractivity contribution in [3.8, 4) is 5.75 Å². The predicted molar refractivity (Wildman–Crippen MR) is 110 cm³/mol. The Morgan fingerprint density at radius 3 is 2.67 bits per heavy atom. The van der Waals surface area contributed by atoms with Crippen molar-refractivity contribution in [1.82, 2.24) is 10.2 Å². The number of rotatable bonds is 11. The zero-order valence-corrected chi connectivity index (χ0v) is 16.8. The minimum absolute atomic E-state index is 0.291. The number of likely N-dealkylation sites (tertiary alicyclic amines) is 1. The summed E-state index contributed by atoms with van der Waals surface area (Å²) < 4.78 is 11.2. The average molecular weight is 395 g/mol. The molecule has 1 heterocycles. The Morgan fingerprint density at radius 1 is 1.22 bits per heavy atom. The Morgan fingerprint density at radius 2 is 1.96 bits per heavy atom. The zero-order valence-electron chi connectivity index (χ0n) is 16.0. The molecule has 150 valence electrons. The van der Waals surface area contributed by atoms with Crippen molar-refractivity contribution < 1.29 is 14.3 Å². The van der Waals surface area contributed by atoms with Gasteiger partial charge in [-0.3, -0.25) is 0 Å². The molecule has 0 spiro atoms. The van der Waals surface area contributed by atoms with Crippen molar-refractivity contribution in [3.05, 3.63) is 41.9 Å². The minimum atomic E-state index is -0.291. The summed E-state index contributed by atoms with van der Waals surface area (Å²) in [6.07, 6.45) is 6.78. The van der Waals surface area contributed by atoms with E-state index in [1.165, 1.54) is 0 Å². The Kier molecular flexibility index (Phi) is 10.3. The van der Waals surface area contributed by atoms with Crippen molar-refractivity contribution in [2.24, 2.45) is 5.92 Å². The monoisotopic (exact) mass is 394 g/mol. The lowest BCUT2D eigenvalue weighted by atomic mass is 9.98. The number of carbonyl (C=O) groups is 1. The van der Waals surface area contributed by atoms with Crippen LogP contribution in [0.2, 0.25) is 5.02 Å². The first kappa shape index (κ1) is 21.7. The van der Waals surface area contributed by atoms with Crippen LogP contribution in [0.5, 0.6) is 5.75 Å². The van der Waals surface area contributed by atoms with Crippen LogP contribution in [0.1, 0.15) is 32.1 Å². The van der Waals surface area contributed by atoms with Crippen molar-refractivity contribution in [2.75, 3.05) is 39.4 Å². The first-order valence-electron chi connectivity index (χ1n) is 9.80. The Bertz CT molecular complexity index is 557. The van der Waals surface area contributed by atoms with Crippen LogP contribution in [0.15, 0.2) is 36.9 Å². The van der Waals surface area contributed by atoms with Crippen LogP contribution in [-0.4, -0.2) is 50.4 Å². The number of hydrogen-bond acceptors (Lipinski definition) is 4. The summed E-state index contributed by atoms with van der Waals surface area (Å²) in [5, 5.41) is 4.00. The molecule has 5 nitrogen and oxygen atoms in total. The van der Waals surface area contributed by atoms with E-state index in [1.54, 1.807) is 29.2 Å². The first-order valence-corrected chi connectivity index (χ1v) is 10.2. The molecule has 1 aromatic carbocycles. The van der Waals surface area contributed by atoms with E-state index in [2.05, 4.69) is 11.9 Å². The van der Waals surface area contributed by atoms with Gasteiger partial charge in [0.1, 0.15) is 5.75 Å². The molecular weight excluding hydrogens is 364 g/mol. The Hall–Kier alpha value is -1.56. The molecule has 0 bridgehead atoms. The number of carbonyl (C=O) groups excluding carboxylic acids is 1. The van der Waals surface area contributed by atoms with Crippen LogP contribution in [0.4, 0.5) is 4.79 Å². The second-order valence-electron chi connectivity index (χ2n) is 6.86. The molecule has 1 aromatic rings. The Balaban J connectivity index is 1.51. The van der Waals surface area contributed by atoms with E-state index in [9.17, 15) is 4.79 Å². The third-order valence-corrected chi connectivity index (χ3v) is 4.91. The van der Waals surface area contributed by atoms with Crippen LogP contribution >= 0.6 is 11.6 Å². The lowest BCUT2D eigenvalue weighted by molar-refractivity contribution is 0.0649. The summed E-state index contributed by atoms with van der Waals surface area (Å²) in [6.45, 7) is 8.76. The van der Waals surface area contributed by atoms with Crippen molar-refractivity contribution in [2.45, 2.75) is 32.1 Å². The summed E-state index contributed by atoms with van der Waals surface area (Å²) in [4.78, 5) is 14.0. The maximum atomic E-state index is 12.2. The van der Waals surface area contributed by atoms with Crippen molar-refractivity contribution in [3.63, 3.8) is 0 Å². The first-order chi connectivity index (χ1) is 13.2. The molecule has 1 aliphatic rings. The number of benzene rings is 1. The number of hydrogen-bond donors (Lipinski definition) is 1. The third kappa shape index (κ3) is 8.78. The number of unbranched alkanes of at least 4 members (excludes halogenated alkanes) is 1. The second-order valence-corrected chi connectivity index (χ2v) is 7.30. The topological polar surface area (TPSA) is 50.8 Å². The van der Waals surface area contributed by atoms with Gasteiger partial charge < -0.3 is 19.7 Å². The van der Waals surface area contributed by atoms with Crippen molar-refractivity contribution in [1.29, 1.82) is 0 Å². The van der Waals surface area contributed by atoms with Gasteiger partial charge >= 0.3 is 6.09 Å².